The third-order valence-electron chi connectivity index (χ3n) is 10.6. The maximum atomic E-state index is 4.96. The normalized spacial score (nSPS) is 12.0. The number of fused-ring (bicyclic) bond motifs is 4. The van der Waals surface area contributed by atoms with E-state index in [1.165, 1.54) is 49.6 Å². The Morgan fingerprint density at radius 2 is 1.18 bits per heavy atom. The number of hydrogen-bond donors (Lipinski definition) is 0. The van der Waals surface area contributed by atoms with Crippen molar-refractivity contribution in [3.63, 3.8) is 0 Å². The smallest absolute Gasteiger partial charge is 0.249 e. The second kappa shape index (κ2) is 12.3. The van der Waals surface area contributed by atoms with Crippen LogP contribution in [0.2, 0.25) is 0 Å². The summed E-state index contributed by atoms with van der Waals surface area (Å²) in [6.45, 7) is 4.48. The van der Waals surface area contributed by atoms with Crippen molar-refractivity contribution in [3.8, 4) is 11.5 Å². The Kier molecular flexibility index (Phi) is 7.40. The van der Waals surface area contributed by atoms with E-state index in [0.29, 0.717) is 5.92 Å². The molecule has 0 fully saturated rings. The SMILES string of the molecule is CC(C)c1ccnc(-n2c3ccccc3c3ccc(C(c4ccccc4)(c4ccccc4)c4cccc(-n5c[n+](C)c6ccccc65)c4)cc32)c1. The zero-order valence-corrected chi connectivity index (χ0v) is 29.1. The second-order valence-corrected chi connectivity index (χ2v) is 13.8. The van der Waals surface area contributed by atoms with Crippen molar-refractivity contribution in [1.29, 1.82) is 0 Å². The first kappa shape index (κ1) is 30.8. The maximum Gasteiger partial charge on any atom is 0.249 e. The van der Waals surface area contributed by atoms with Crippen molar-refractivity contribution in [2.75, 3.05) is 0 Å². The Labute approximate surface area is 298 Å². The fourth-order valence-corrected chi connectivity index (χ4v) is 8.10. The lowest BCUT2D eigenvalue weighted by Crippen LogP contribution is -2.31. The molecular formula is C47H39N4+. The molecule has 6 aromatic carbocycles. The quantitative estimate of drug-likeness (QED) is 0.124. The third kappa shape index (κ3) is 4.90. The lowest BCUT2D eigenvalue weighted by Gasteiger charge is -2.37. The summed E-state index contributed by atoms with van der Waals surface area (Å²) in [5.41, 5.74) is 11.2. The fraction of sp³-hybridized carbons (Fsp3) is 0.106. The molecule has 0 atom stereocenters. The summed E-state index contributed by atoms with van der Waals surface area (Å²) in [6.07, 6.45) is 4.13. The molecule has 0 spiro atoms. The molecule has 0 aliphatic rings. The highest BCUT2D eigenvalue weighted by Gasteiger charge is 2.39. The number of pyridine rings is 1. The summed E-state index contributed by atoms with van der Waals surface area (Å²) >= 11 is 0. The molecule has 0 bridgehead atoms. The van der Waals surface area contributed by atoms with Gasteiger partial charge in [-0.15, -0.1) is 0 Å². The van der Waals surface area contributed by atoms with Gasteiger partial charge in [-0.3, -0.25) is 4.57 Å². The monoisotopic (exact) mass is 659 g/mol. The van der Waals surface area contributed by atoms with Gasteiger partial charge in [0.25, 0.3) is 0 Å². The van der Waals surface area contributed by atoms with Gasteiger partial charge in [0.05, 0.1) is 23.5 Å². The van der Waals surface area contributed by atoms with Gasteiger partial charge in [0, 0.05) is 17.0 Å². The van der Waals surface area contributed by atoms with Crippen LogP contribution < -0.4 is 4.57 Å². The molecule has 3 heterocycles. The van der Waals surface area contributed by atoms with Crippen LogP contribution in [0.15, 0.2) is 176 Å². The number of hydrogen-bond acceptors (Lipinski definition) is 1. The molecule has 0 N–H and O–H groups in total. The zero-order valence-electron chi connectivity index (χ0n) is 29.1. The lowest BCUT2D eigenvalue weighted by atomic mass is 9.65. The number of imidazole rings is 1. The van der Waals surface area contributed by atoms with E-state index in [2.05, 4.69) is 205 Å². The van der Waals surface area contributed by atoms with E-state index in [9.17, 15) is 0 Å². The van der Waals surface area contributed by atoms with Gasteiger partial charge in [0.1, 0.15) is 11.5 Å². The van der Waals surface area contributed by atoms with Crippen LogP contribution in [0.25, 0.3) is 44.3 Å². The van der Waals surface area contributed by atoms with Gasteiger partial charge < -0.3 is 0 Å². The van der Waals surface area contributed by atoms with Crippen molar-refractivity contribution in [3.05, 3.63) is 204 Å². The van der Waals surface area contributed by atoms with E-state index in [0.717, 1.165) is 22.5 Å². The van der Waals surface area contributed by atoms with Gasteiger partial charge >= 0.3 is 0 Å². The molecule has 9 aromatic rings. The topological polar surface area (TPSA) is 26.6 Å². The molecule has 0 aliphatic heterocycles. The molecule has 0 unspecified atom stereocenters. The standard InChI is InChI=1S/C47H39N4/c1-33(2)34-27-28-48-46(29-34)51-42-22-11-10-21-40(42)41-26-25-38(31-45(41)51)47(35-15-6-4-7-16-35,36-17-8-5-9-18-36)37-19-14-20-39(30-37)50-32-49(3)43-23-12-13-24-44(43)50/h4-33H,1-3H3/q+1. The molecule has 0 saturated heterocycles. The van der Waals surface area contributed by atoms with Crippen molar-refractivity contribution in [1.82, 2.24) is 14.1 Å². The molecule has 4 nitrogen and oxygen atoms in total. The van der Waals surface area contributed by atoms with E-state index < -0.39 is 5.41 Å². The molecule has 0 radical (unpaired) electrons. The van der Waals surface area contributed by atoms with Crippen LogP contribution >= 0.6 is 0 Å². The highest BCUT2D eigenvalue weighted by Crippen LogP contribution is 2.47. The number of rotatable bonds is 7. The van der Waals surface area contributed by atoms with Crippen molar-refractivity contribution < 1.29 is 4.57 Å². The molecule has 9 rings (SSSR count). The lowest BCUT2D eigenvalue weighted by molar-refractivity contribution is -0.645. The molecule has 51 heavy (non-hydrogen) atoms. The van der Waals surface area contributed by atoms with Crippen LogP contribution in [0.1, 0.15) is 47.6 Å². The van der Waals surface area contributed by atoms with Crippen LogP contribution in [0.4, 0.5) is 0 Å². The number of nitrogens with zero attached hydrogens (tertiary/aromatic N) is 4. The van der Waals surface area contributed by atoms with Gasteiger partial charge in [-0.25, -0.2) is 9.55 Å². The predicted octanol–water partition coefficient (Wildman–Crippen LogP) is 10.5. The zero-order chi connectivity index (χ0) is 34.5. The van der Waals surface area contributed by atoms with E-state index in [-0.39, 0.29) is 0 Å². The minimum absolute atomic E-state index is 0.395. The van der Waals surface area contributed by atoms with Gasteiger partial charge in [0.2, 0.25) is 6.33 Å². The summed E-state index contributed by atoms with van der Waals surface area (Å²) in [5.74, 6) is 1.33. The Hall–Kier alpha value is -6.26. The molecule has 0 aliphatic carbocycles. The number of aromatic nitrogens is 4. The largest absolute Gasteiger partial charge is 0.294 e. The van der Waals surface area contributed by atoms with Crippen LogP contribution in [-0.2, 0) is 12.5 Å². The average Bonchev–Trinajstić information content (AvgIpc) is 3.70. The molecule has 246 valence electrons. The Bertz CT molecular complexity index is 2640. The van der Waals surface area contributed by atoms with Crippen molar-refractivity contribution >= 4 is 32.8 Å². The van der Waals surface area contributed by atoms with Crippen LogP contribution in [0.3, 0.4) is 0 Å². The summed E-state index contributed by atoms with van der Waals surface area (Å²) in [7, 11) is 2.11. The second-order valence-electron chi connectivity index (χ2n) is 13.8. The van der Waals surface area contributed by atoms with Gasteiger partial charge in [-0.2, -0.15) is 4.57 Å². The first-order valence-electron chi connectivity index (χ1n) is 17.7. The fourth-order valence-electron chi connectivity index (χ4n) is 8.10. The molecule has 0 saturated carbocycles. The van der Waals surface area contributed by atoms with E-state index in [1.807, 2.05) is 6.20 Å². The van der Waals surface area contributed by atoms with Gasteiger partial charge in [-0.05, 0) is 82.3 Å². The highest BCUT2D eigenvalue weighted by molar-refractivity contribution is 6.09. The van der Waals surface area contributed by atoms with Crippen LogP contribution in [0, 0.1) is 0 Å². The highest BCUT2D eigenvalue weighted by atomic mass is 15.1. The minimum Gasteiger partial charge on any atom is -0.294 e. The molecule has 0 amide bonds. The van der Waals surface area contributed by atoms with Crippen molar-refractivity contribution in [2.45, 2.75) is 25.2 Å². The van der Waals surface area contributed by atoms with Gasteiger partial charge in [0.15, 0.2) is 11.0 Å². The van der Waals surface area contributed by atoms with E-state index in [4.69, 9.17) is 4.98 Å². The Morgan fingerprint density at radius 3 is 1.92 bits per heavy atom. The first-order chi connectivity index (χ1) is 25.0. The van der Waals surface area contributed by atoms with Crippen LogP contribution in [-0.4, -0.2) is 14.1 Å². The summed E-state index contributed by atoms with van der Waals surface area (Å²) in [4.78, 5) is 4.96. The number of aryl methyl sites for hydroxylation is 1. The van der Waals surface area contributed by atoms with Crippen molar-refractivity contribution in [2.24, 2.45) is 7.05 Å². The summed E-state index contributed by atoms with van der Waals surface area (Å²) in [6, 6.07) is 59.8. The maximum absolute atomic E-state index is 4.96. The van der Waals surface area contributed by atoms with E-state index >= 15 is 0 Å². The van der Waals surface area contributed by atoms with E-state index in [1.54, 1.807) is 0 Å². The Balaban J connectivity index is 1.38. The van der Waals surface area contributed by atoms with Crippen LogP contribution in [0.5, 0.6) is 0 Å². The summed E-state index contributed by atoms with van der Waals surface area (Å²) < 4.78 is 6.84. The predicted molar refractivity (Wildman–Crippen MR) is 209 cm³/mol. The minimum atomic E-state index is -0.633. The van der Waals surface area contributed by atoms with Gasteiger partial charge in [-0.1, -0.05) is 129 Å². The summed E-state index contributed by atoms with van der Waals surface area (Å²) in [5, 5.41) is 2.43. The number of benzene rings is 6. The number of para-hydroxylation sites is 3. The molecule has 4 heteroatoms. The Morgan fingerprint density at radius 1 is 0.549 bits per heavy atom. The first-order valence-corrected chi connectivity index (χ1v) is 17.7. The third-order valence-corrected chi connectivity index (χ3v) is 10.6. The average molecular weight is 660 g/mol. The molecular weight excluding hydrogens is 621 g/mol. The molecule has 3 aromatic heterocycles.